The quantitative estimate of drug-likeness (QED) is 0.232. The van der Waals surface area contributed by atoms with Crippen molar-refractivity contribution in [3.63, 3.8) is 0 Å². The second-order valence-corrected chi connectivity index (χ2v) is 2.82. The normalized spacial score (nSPS) is 9.38. The maximum Gasteiger partial charge on any atom is 0.334 e. The van der Waals surface area contributed by atoms with E-state index < -0.39 is 17.7 Å². The molecular formula is C9H10N4O3. The molecule has 16 heavy (non-hydrogen) atoms. The maximum absolute atomic E-state index is 11.6. The molecule has 1 rings (SSSR count). The molecule has 0 aliphatic carbocycles. The Bertz CT molecular complexity index is 418. The summed E-state index contributed by atoms with van der Waals surface area (Å²) in [5.41, 5.74) is 1.79. The third kappa shape index (κ3) is 2.41. The summed E-state index contributed by atoms with van der Waals surface area (Å²) >= 11 is 0. The third-order valence-electron chi connectivity index (χ3n) is 1.78. The van der Waals surface area contributed by atoms with Gasteiger partial charge in [0.1, 0.15) is 0 Å². The minimum Gasteiger partial charge on any atom is -0.286 e. The lowest BCUT2D eigenvalue weighted by Gasteiger charge is -2.13. The highest BCUT2D eigenvalue weighted by atomic mass is 16.2. The van der Waals surface area contributed by atoms with Crippen LogP contribution in [0.2, 0.25) is 0 Å². The van der Waals surface area contributed by atoms with E-state index in [1.807, 2.05) is 0 Å². The van der Waals surface area contributed by atoms with Gasteiger partial charge in [0.2, 0.25) is 0 Å². The number of hydrazine groups is 2. The molecule has 0 aromatic heterocycles. The predicted octanol–water partition coefficient (Wildman–Crippen LogP) is -1.48. The number of nitrogens with zero attached hydrogens (tertiary/aromatic N) is 1. The number of carbonyl (C=O) groups is 3. The first kappa shape index (κ1) is 11.8. The van der Waals surface area contributed by atoms with Crippen LogP contribution in [0.1, 0.15) is 10.4 Å². The van der Waals surface area contributed by atoms with Gasteiger partial charge >= 0.3 is 11.8 Å². The molecule has 3 amide bonds. The van der Waals surface area contributed by atoms with Gasteiger partial charge in [0, 0.05) is 5.56 Å². The average Bonchev–Trinajstić information content (AvgIpc) is 2.36. The van der Waals surface area contributed by atoms with Crippen molar-refractivity contribution in [3.8, 4) is 0 Å². The van der Waals surface area contributed by atoms with Crippen molar-refractivity contribution in [1.29, 1.82) is 0 Å². The Morgan fingerprint density at radius 2 is 1.69 bits per heavy atom. The summed E-state index contributed by atoms with van der Waals surface area (Å²) < 4.78 is 0. The lowest BCUT2D eigenvalue weighted by atomic mass is 10.2. The van der Waals surface area contributed by atoms with E-state index in [0.29, 0.717) is 0 Å². The van der Waals surface area contributed by atoms with Crippen LogP contribution in [-0.4, -0.2) is 22.7 Å². The number of hydrogen-bond acceptors (Lipinski definition) is 5. The van der Waals surface area contributed by atoms with Crippen LogP contribution in [0.25, 0.3) is 0 Å². The molecule has 0 saturated heterocycles. The highest BCUT2D eigenvalue weighted by molar-refractivity contribution is 6.37. The predicted molar refractivity (Wildman–Crippen MR) is 54.1 cm³/mol. The highest BCUT2D eigenvalue weighted by Gasteiger charge is 2.24. The van der Waals surface area contributed by atoms with Gasteiger partial charge in [-0.15, -0.1) is 0 Å². The molecule has 0 radical (unpaired) electrons. The van der Waals surface area contributed by atoms with E-state index in [1.54, 1.807) is 23.6 Å². The molecular weight excluding hydrogens is 212 g/mol. The molecule has 0 atom stereocenters. The molecule has 0 spiro atoms. The first-order valence-electron chi connectivity index (χ1n) is 4.27. The van der Waals surface area contributed by atoms with Gasteiger partial charge in [-0.05, 0) is 12.1 Å². The summed E-state index contributed by atoms with van der Waals surface area (Å²) in [5.74, 6) is 6.75. The Morgan fingerprint density at radius 3 is 2.19 bits per heavy atom. The molecule has 0 aliphatic rings. The monoisotopic (exact) mass is 222 g/mol. The van der Waals surface area contributed by atoms with Crippen LogP contribution >= 0.6 is 0 Å². The van der Waals surface area contributed by atoms with E-state index in [0.717, 1.165) is 0 Å². The van der Waals surface area contributed by atoms with Gasteiger partial charge in [0.25, 0.3) is 5.91 Å². The van der Waals surface area contributed by atoms with E-state index in [2.05, 4.69) is 0 Å². The second kappa shape index (κ2) is 5.01. The summed E-state index contributed by atoms with van der Waals surface area (Å²) in [4.78, 5) is 33.6. The maximum atomic E-state index is 11.6. The standard InChI is InChI=1S/C9H10N4O3/c10-12-7(14)9(16)13(11)8(15)6-4-2-1-3-5-6/h1-5H,10-11H2,(H,12,14). The van der Waals surface area contributed by atoms with Crippen LogP contribution in [0, 0.1) is 0 Å². The van der Waals surface area contributed by atoms with Crippen molar-refractivity contribution in [3.05, 3.63) is 35.9 Å². The topological polar surface area (TPSA) is 119 Å². The highest BCUT2D eigenvalue weighted by Crippen LogP contribution is 2.01. The first-order valence-corrected chi connectivity index (χ1v) is 4.27. The molecule has 7 nitrogen and oxygen atoms in total. The van der Waals surface area contributed by atoms with Crippen molar-refractivity contribution >= 4 is 17.7 Å². The summed E-state index contributed by atoms with van der Waals surface area (Å²) in [6, 6.07) is 7.85. The zero-order valence-corrected chi connectivity index (χ0v) is 8.21. The van der Waals surface area contributed by atoms with Gasteiger partial charge in [-0.3, -0.25) is 19.8 Å². The van der Waals surface area contributed by atoms with Crippen molar-refractivity contribution in [1.82, 2.24) is 10.4 Å². The van der Waals surface area contributed by atoms with Crippen LogP contribution in [0.3, 0.4) is 0 Å². The first-order chi connectivity index (χ1) is 7.57. The number of benzene rings is 1. The minimum absolute atomic E-state index is 0.197. The van der Waals surface area contributed by atoms with E-state index in [4.69, 9.17) is 11.7 Å². The summed E-state index contributed by atoms with van der Waals surface area (Å²) in [7, 11) is 0. The largest absolute Gasteiger partial charge is 0.334 e. The Morgan fingerprint density at radius 1 is 1.12 bits per heavy atom. The molecule has 0 heterocycles. The second-order valence-electron chi connectivity index (χ2n) is 2.82. The molecule has 1 aromatic rings. The van der Waals surface area contributed by atoms with Crippen molar-refractivity contribution in [2.24, 2.45) is 11.7 Å². The molecule has 0 bridgehead atoms. The average molecular weight is 222 g/mol. The lowest BCUT2D eigenvalue weighted by molar-refractivity contribution is -0.144. The summed E-state index contributed by atoms with van der Waals surface area (Å²) in [5, 5.41) is 0.206. The molecule has 5 N–H and O–H groups in total. The summed E-state index contributed by atoms with van der Waals surface area (Å²) in [6.07, 6.45) is 0. The smallest absolute Gasteiger partial charge is 0.286 e. The number of amides is 3. The molecule has 1 aromatic carbocycles. The zero-order valence-electron chi connectivity index (χ0n) is 8.21. The van der Waals surface area contributed by atoms with Gasteiger partial charge < -0.3 is 0 Å². The molecule has 7 heteroatoms. The zero-order chi connectivity index (χ0) is 12.1. The minimum atomic E-state index is -1.23. The van der Waals surface area contributed by atoms with Gasteiger partial charge in [-0.2, -0.15) is 0 Å². The van der Waals surface area contributed by atoms with Gasteiger partial charge in [-0.1, -0.05) is 18.2 Å². The SMILES string of the molecule is NNC(=O)C(=O)N(N)C(=O)c1ccccc1. The van der Waals surface area contributed by atoms with Crippen LogP contribution < -0.4 is 17.1 Å². The van der Waals surface area contributed by atoms with Gasteiger partial charge in [0.15, 0.2) is 0 Å². The number of carbonyl (C=O) groups excluding carboxylic acids is 3. The molecule has 0 saturated carbocycles. The van der Waals surface area contributed by atoms with Crippen LogP contribution in [0.5, 0.6) is 0 Å². The Labute approximate surface area is 90.9 Å². The van der Waals surface area contributed by atoms with Gasteiger partial charge in [-0.25, -0.2) is 16.7 Å². The summed E-state index contributed by atoms with van der Waals surface area (Å²) in [6.45, 7) is 0. The molecule has 0 fully saturated rings. The van der Waals surface area contributed by atoms with E-state index in [-0.39, 0.29) is 10.6 Å². The number of rotatable bonds is 1. The number of hydrogen-bond donors (Lipinski definition) is 3. The molecule has 84 valence electrons. The van der Waals surface area contributed by atoms with E-state index in [1.165, 1.54) is 12.1 Å². The van der Waals surface area contributed by atoms with Crippen LogP contribution in [0.15, 0.2) is 30.3 Å². The van der Waals surface area contributed by atoms with Crippen LogP contribution in [0.4, 0.5) is 0 Å². The fraction of sp³-hybridized carbons (Fsp3) is 0. The number of nitrogens with one attached hydrogen (secondary N) is 1. The number of imide groups is 1. The fourth-order valence-corrected chi connectivity index (χ4v) is 0.983. The van der Waals surface area contributed by atoms with E-state index in [9.17, 15) is 14.4 Å². The van der Waals surface area contributed by atoms with Gasteiger partial charge in [0.05, 0.1) is 0 Å². The number of nitrogens with two attached hydrogens (primary N) is 2. The molecule has 0 unspecified atom stereocenters. The van der Waals surface area contributed by atoms with Crippen molar-refractivity contribution in [2.45, 2.75) is 0 Å². The fourth-order valence-electron chi connectivity index (χ4n) is 0.983. The molecule has 0 aliphatic heterocycles. The Kier molecular flexibility index (Phi) is 3.70. The van der Waals surface area contributed by atoms with Crippen molar-refractivity contribution < 1.29 is 14.4 Å². The Balaban J connectivity index is 2.83. The van der Waals surface area contributed by atoms with Crippen molar-refractivity contribution in [2.75, 3.05) is 0 Å². The van der Waals surface area contributed by atoms with Crippen LogP contribution in [-0.2, 0) is 9.59 Å². The third-order valence-corrected chi connectivity index (χ3v) is 1.78. The lowest BCUT2D eigenvalue weighted by Crippen LogP contribution is -2.51. The van der Waals surface area contributed by atoms with E-state index >= 15 is 0 Å². The Hall–Kier alpha value is -2.25.